The van der Waals surface area contributed by atoms with E-state index in [4.69, 9.17) is 0 Å². The Bertz CT molecular complexity index is 1230. The van der Waals surface area contributed by atoms with E-state index in [2.05, 4.69) is 19.6 Å². The lowest BCUT2D eigenvalue weighted by molar-refractivity contribution is -0.335. The van der Waals surface area contributed by atoms with Gasteiger partial charge in [-0.25, -0.2) is 9.59 Å². The highest BCUT2D eigenvalue weighted by Gasteiger charge is 2.61. The van der Waals surface area contributed by atoms with Crippen molar-refractivity contribution in [3.63, 3.8) is 0 Å². The van der Waals surface area contributed by atoms with E-state index in [-0.39, 0.29) is 22.6 Å². The Balaban J connectivity index is 1.98. The van der Waals surface area contributed by atoms with Crippen LogP contribution in [0.4, 0.5) is 52.7 Å². The van der Waals surface area contributed by atoms with Gasteiger partial charge in [-0.3, -0.25) is 9.78 Å². The molecular weight excluding hydrogens is 692 g/mol. The number of carbonyl (C=O) groups excluding carboxylic acids is 2. The summed E-state index contributed by atoms with van der Waals surface area (Å²) in [5.74, 6) is -10.5. The van der Waals surface area contributed by atoms with Crippen LogP contribution in [0, 0.1) is 11.8 Å². The predicted molar refractivity (Wildman–Crippen MR) is 133 cm³/mol. The summed E-state index contributed by atoms with van der Waals surface area (Å²) >= 11 is 0. The van der Waals surface area contributed by atoms with Gasteiger partial charge in [-0.05, 0) is 35.4 Å². The number of benzene rings is 2. The summed E-state index contributed by atoms with van der Waals surface area (Å²) in [6, 6.07) is 8.59. The van der Waals surface area contributed by atoms with Crippen molar-refractivity contribution in [2.24, 2.45) is 11.8 Å². The summed E-state index contributed by atoms with van der Waals surface area (Å²) in [5, 5.41) is 19.4. The van der Waals surface area contributed by atoms with Gasteiger partial charge in [0.25, 0.3) is 0 Å². The lowest BCUT2D eigenvalue weighted by Crippen LogP contribution is -2.52. The van der Waals surface area contributed by atoms with Crippen molar-refractivity contribution in [1.29, 1.82) is 0 Å². The van der Waals surface area contributed by atoms with Crippen LogP contribution in [0.2, 0.25) is 0 Å². The Labute approximate surface area is 262 Å². The smallest absolute Gasteiger partial charge is 0.391 e. The van der Waals surface area contributed by atoms with E-state index in [1.165, 1.54) is 0 Å². The van der Waals surface area contributed by atoms with E-state index in [9.17, 15) is 72.5 Å². The van der Waals surface area contributed by atoms with Crippen molar-refractivity contribution >= 4 is 11.9 Å². The van der Waals surface area contributed by atoms with Crippen LogP contribution in [0.5, 0.6) is 11.5 Å². The molecule has 0 saturated heterocycles. The minimum Gasteiger partial charge on any atom is -0.508 e. The third kappa shape index (κ3) is 11.6. The molecule has 20 heteroatoms. The fraction of sp³-hybridized carbons (Fsp3) is 0.500. The number of phenols is 2. The van der Waals surface area contributed by atoms with Crippen molar-refractivity contribution in [3.05, 3.63) is 59.7 Å². The van der Waals surface area contributed by atoms with E-state index < -0.39 is 98.2 Å². The first kappa shape index (κ1) is 38.5. The van der Waals surface area contributed by atoms with E-state index in [0.29, 0.717) is 0 Å². The number of hydrogen-bond acceptors (Lipinski definition) is 8. The van der Waals surface area contributed by atoms with E-state index >= 15 is 0 Å². The van der Waals surface area contributed by atoms with Crippen LogP contribution < -0.4 is 0 Å². The number of phenolic OH excluding ortho intramolecular Hbond substituents is 2. The number of carbonyl (C=O) groups is 2. The minimum atomic E-state index is -5.20. The lowest BCUT2D eigenvalue weighted by Gasteiger charge is -2.49. The molecule has 1 saturated carbocycles. The van der Waals surface area contributed by atoms with Crippen LogP contribution >= 0.6 is 0 Å². The highest BCUT2D eigenvalue weighted by atomic mass is 19.4. The molecule has 1 aliphatic rings. The maximum Gasteiger partial charge on any atom is 0.391 e. The van der Waals surface area contributed by atoms with Crippen molar-refractivity contribution in [2.45, 2.75) is 74.4 Å². The van der Waals surface area contributed by atoms with E-state index in [0.717, 1.165) is 48.5 Å². The molecule has 8 nitrogen and oxygen atoms in total. The number of rotatable bonds is 12. The van der Waals surface area contributed by atoms with Gasteiger partial charge in [0.2, 0.25) is 0 Å². The molecule has 1 fully saturated rings. The zero-order valence-electron chi connectivity index (χ0n) is 23.8. The van der Waals surface area contributed by atoms with Gasteiger partial charge in [-0.15, -0.1) is 0 Å². The molecule has 2 aromatic carbocycles. The molecule has 0 aromatic heterocycles. The molecule has 0 bridgehead atoms. The molecule has 1 aliphatic carbocycles. The second-order valence-corrected chi connectivity index (χ2v) is 10.8. The van der Waals surface area contributed by atoms with Gasteiger partial charge >= 0.3 is 36.6 Å². The lowest BCUT2D eigenvalue weighted by atomic mass is 9.52. The maximum absolute atomic E-state index is 13.3. The van der Waals surface area contributed by atoms with Crippen LogP contribution in [0.3, 0.4) is 0 Å². The average Bonchev–Trinajstić information content (AvgIpc) is 2.88. The first-order valence-corrected chi connectivity index (χ1v) is 13.5. The summed E-state index contributed by atoms with van der Waals surface area (Å²) in [5.41, 5.74) is -0.0908. The molecular formula is C28H24F12O8. The molecule has 3 rings (SSSR count). The molecule has 2 aromatic rings. The quantitative estimate of drug-likeness (QED) is 0.131. The molecule has 48 heavy (non-hydrogen) atoms. The minimum absolute atomic E-state index is 0.0454. The molecule has 0 heterocycles. The Morgan fingerprint density at radius 1 is 0.521 bits per heavy atom. The fourth-order valence-electron chi connectivity index (χ4n) is 5.21. The van der Waals surface area contributed by atoms with Crippen LogP contribution in [0.1, 0.15) is 48.6 Å². The van der Waals surface area contributed by atoms with Crippen LogP contribution in [0.25, 0.3) is 0 Å². The molecule has 0 unspecified atom stereocenters. The number of halogens is 12. The van der Waals surface area contributed by atoms with Crippen LogP contribution in [-0.2, 0) is 29.1 Å². The van der Waals surface area contributed by atoms with Gasteiger partial charge in [-0.2, -0.15) is 62.5 Å². The molecule has 0 radical (unpaired) electrons. The molecule has 0 aliphatic heterocycles. The van der Waals surface area contributed by atoms with Gasteiger partial charge in [0.15, 0.2) is 0 Å². The van der Waals surface area contributed by atoms with Gasteiger partial charge in [0.05, 0.1) is 37.5 Å². The third-order valence-electron chi connectivity index (χ3n) is 7.02. The fourth-order valence-corrected chi connectivity index (χ4v) is 5.21. The van der Waals surface area contributed by atoms with Crippen molar-refractivity contribution in [1.82, 2.24) is 0 Å². The van der Waals surface area contributed by atoms with Gasteiger partial charge in [-0.1, -0.05) is 24.3 Å². The van der Waals surface area contributed by atoms with Crippen molar-refractivity contribution in [3.8, 4) is 11.5 Å². The normalized spacial score (nSPS) is 20.5. The first-order chi connectivity index (χ1) is 21.9. The molecule has 0 amide bonds. The second kappa shape index (κ2) is 14.7. The van der Waals surface area contributed by atoms with Crippen molar-refractivity contribution in [2.75, 3.05) is 0 Å². The van der Waals surface area contributed by atoms with E-state index in [1.807, 2.05) is 0 Å². The van der Waals surface area contributed by atoms with Crippen LogP contribution in [0.15, 0.2) is 48.5 Å². The SMILES string of the molecule is O=C(OOC(CC(F)(F)F)CC(F)(F)F)C1C(c2ccc(O)cc2)C(C(=O)OOC(CC(F)(F)F)CC(F)(F)F)C1c1ccc(O)cc1. The van der Waals surface area contributed by atoms with Crippen molar-refractivity contribution < 1.29 is 92.0 Å². The highest BCUT2D eigenvalue weighted by Crippen LogP contribution is 2.59. The number of hydrogen-bond donors (Lipinski definition) is 2. The Hall–Kier alpha value is -3.94. The molecule has 0 atom stereocenters. The number of aromatic hydroxyl groups is 2. The monoisotopic (exact) mass is 716 g/mol. The summed E-state index contributed by atoms with van der Waals surface area (Å²) in [6.07, 6.45) is -35.1. The topological polar surface area (TPSA) is 112 Å². The summed E-state index contributed by atoms with van der Waals surface area (Å²) in [7, 11) is 0. The maximum atomic E-state index is 13.3. The number of alkyl halides is 12. The standard InChI is InChI=1S/C28H24F12O8/c29-25(30,31)9-17(10-26(32,33)34)45-47-23(43)21-19(13-1-5-15(41)6-2-13)22(20(21)14-3-7-16(42)8-4-14)24(44)48-46-18(11-27(35,36)37)12-28(38,39)40/h1-8,17-22,41-42H,9-12H2. The second-order valence-electron chi connectivity index (χ2n) is 10.8. The average molecular weight is 716 g/mol. The summed E-state index contributed by atoms with van der Waals surface area (Å²) < 4.78 is 155. The van der Waals surface area contributed by atoms with Crippen LogP contribution in [-0.4, -0.2) is 59.1 Å². The molecule has 0 spiro atoms. The Morgan fingerprint density at radius 2 is 0.771 bits per heavy atom. The predicted octanol–water partition coefficient (Wildman–Crippen LogP) is 7.71. The Morgan fingerprint density at radius 3 is 1.00 bits per heavy atom. The zero-order valence-corrected chi connectivity index (χ0v) is 23.8. The van der Waals surface area contributed by atoms with Gasteiger partial charge < -0.3 is 10.2 Å². The summed E-state index contributed by atoms with van der Waals surface area (Å²) in [6.45, 7) is 0. The van der Waals surface area contributed by atoms with Gasteiger partial charge in [0, 0.05) is 11.8 Å². The Kier molecular flexibility index (Phi) is 11.8. The summed E-state index contributed by atoms with van der Waals surface area (Å²) in [4.78, 5) is 43.9. The van der Waals surface area contributed by atoms with Gasteiger partial charge in [0.1, 0.15) is 23.7 Å². The first-order valence-electron chi connectivity index (χ1n) is 13.5. The molecule has 268 valence electrons. The largest absolute Gasteiger partial charge is 0.508 e. The zero-order chi connectivity index (χ0) is 36.2. The van der Waals surface area contributed by atoms with E-state index in [1.54, 1.807) is 0 Å². The third-order valence-corrected chi connectivity index (χ3v) is 7.02. The highest BCUT2D eigenvalue weighted by molar-refractivity contribution is 5.85. The molecule has 2 N–H and O–H groups in total.